The molecule has 0 saturated carbocycles. The van der Waals surface area contributed by atoms with Gasteiger partial charge in [0.05, 0.1) is 4.90 Å². The van der Waals surface area contributed by atoms with Gasteiger partial charge < -0.3 is 10.2 Å². The Bertz CT molecular complexity index is 1460. The first-order valence-electron chi connectivity index (χ1n) is 12.7. The smallest absolute Gasteiger partial charge is 0.264 e. The van der Waals surface area contributed by atoms with Gasteiger partial charge in [-0.25, -0.2) is 13.1 Å². The second kappa shape index (κ2) is 12.0. The Labute approximate surface area is 225 Å². The van der Waals surface area contributed by atoms with E-state index in [2.05, 4.69) is 53.1 Å². The third-order valence-electron chi connectivity index (χ3n) is 6.49. The number of hydrogen-bond donors (Lipinski definition) is 2. The minimum Gasteiger partial charge on any atom is -0.381 e. The third kappa shape index (κ3) is 6.61. The minimum absolute atomic E-state index is 0.0243. The first-order valence-corrected chi connectivity index (χ1v) is 14.2. The van der Waals surface area contributed by atoms with E-state index in [0.29, 0.717) is 6.54 Å². The number of amides is 1. The van der Waals surface area contributed by atoms with Crippen LogP contribution in [0, 0.1) is 6.92 Å². The van der Waals surface area contributed by atoms with E-state index in [1.54, 1.807) is 24.3 Å². The number of hydrogen-bond acceptors (Lipinski definition) is 5. The Balaban J connectivity index is 1.35. The predicted molar refractivity (Wildman–Crippen MR) is 155 cm³/mol. The lowest BCUT2D eigenvalue weighted by molar-refractivity contribution is 0.0981. The topological polar surface area (TPSA) is 78.5 Å². The summed E-state index contributed by atoms with van der Waals surface area (Å²) in [6.07, 6.45) is 0. The molecule has 0 unspecified atom stereocenters. The third-order valence-corrected chi connectivity index (χ3v) is 7.83. The van der Waals surface area contributed by atoms with Crippen molar-refractivity contribution in [3.63, 3.8) is 0 Å². The fourth-order valence-electron chi connectivity index (χ4n) is 4.17. The Morgan fingerprint density at radius 1 is 0.737 bits per heavy atom. The number of nitrogens with zero attached hydrogens (tertiary/aromatic N) is 1. The molecule has 196 valence electrons. The van der Waals surface area contributed by atoms with Crippen molar-refractivity contribution < 1.29 is 13.2 Å². The van der Waals surface area contributed by atoms with Gasteiger partial charge in [0.25, 0.3) is 15.9 Å². The standard InChI is InChI=1S/C31H33N3O3S/c1-4-34(5-2)29-18-8-24(9-19-29)22-32-28-16-20-30(21-17-28)38(36,37)33-31(35)27-14-12-26(13-15-27)25-10-6-23(3)7-11-25/h6-21,32H,4-5,22H2,1-3H3,(H,33,35). The first-order chi connectivity index (χ1) is 18.3. The summed E-state index contributed by atoms with van der Waals surface area (Å²) in [7, 11) is -4.01. The van der Waals surface area contributed by atoms with Crippen LogP contribution in [0.3, 0.4) is 0 Å². The molecular formula is C31H33N3O3S. The summed E-state index contributed by atoms with van der Waals surface area (Å²) in [6, 6.07) is 29.7. The summed E-state index contributed by atoms with van der Waals surface area (Å²) in [5, 5.41) is 3.31. The SMILES string of the molecule is CCN(CC)c1ccc(CNc2ccc(S(=O)(=O)NC(=O)c3ccc(-c4ccc(C)cc4)cc3)cc2)cc1. The van der Waals surface area contributed by atoms with E-state index in [4.69, 9.17) is 0 Å². The second-order valence-electron chi connectivity index (χ2n) is 9.09. The predicted octanol–water partition coefficient (Wildman–Crippen LogP) is 6.24. The zero-order valence-corrected chi connectivity index (χ0v) is 22.8. The Morgan fingerprint density at radius 3 is 1.84 bits per heavy atom. The molecule has 0 heterocycles. The molecule has 4 aromatic rings. The van der Waals surface area contributed by atoms with Crippen LogP contribution < -0.4 is 14.9 Å². The van der Waals surface area contributed by atoms with Crippen molar-refractivity contribution in [3.8, 4) is 11.1 Å². The Kier molecular flexibility index (Phi) is 8.48. The zero-order chi connectivity index (χ0) is 27.1. The molecule has 0 fully saturated rings. The molecule has 0 spiro atoms. The van der Waals surface area contributed by atoms with Crippen LogP contribution >= 0.6 is 0 Å². The van der Waals surface area contributed by atoms with Crippen LogP contribution in [0.15, 0.2) is 102 Å². The molecule has 0 bridgehead atoms. The van der Waals surface area contributed by atoms with Gasteiger partial charge in [-0.2, -0.15) is 0 Å². The molecule has 0 aliphatic rings. The molecule has 0 aliphatic heterocycles. The van der Waals surface area contributed by atoms with Crippen molar-refractivity contribution in [2.75, 3.05) is 23.3 Å². The van der Waals surface area contributed by atoms with Gasteiger partial charge in [-0.3, -0.25) is 4.79 Å². The van der Waals surface area contributed by atoms with Gasteiger partial charge in [-0.1, -0.05) is 54.1 Å². The molecule has 0 aromatic heterocycles. The highest BCUT2D eigenvalue weighted by Gasteiger charge is 2.19. The fourth-order valence-corrected chi connectivity index (χ4v) is 5.14. The van der Waals surface area contributed by atoms with Crippen molar-refractivity contribution >= 4 is 27.3 Å². The lowest BCUT2D eigenvalue weighted by Gasteiger charge is -2.21. The first kappa shape index (κ1) is 26.9. The van der Waals surface area contributed by atoms with Gasteiger partial charge in [0.15, 0.2) is 0 Å². The summed E-state index contributed by atoms with van der Waals surface area (Å²) >= 11 is 0. The quantitative estimate of drug-likeness (QED) is 0.255. The van der Waals surface area contributed by atoms with E-state index in [0.717, 1.165) is 35.5 Å². The summed E-state index contributed by atoms with van der Waals surface area (Å²) < 4.78 is 27.8. The number of sulfonamides is 1. The van der Waals surface area contributed by atoms with Crippen LogP contribution in [0.2, 0.25) is 0 Å². The lowest BCUT2D eigenvalue weighted by atomic mass is 10.0. The maximum Gasteiger partial charge on any atom is 0.264 e. The van der Waals surface area contributed by atoms with E-state index in [9.17, 15) is 13.2 Å². The van der Waals surface area contributed by atoms with Crippen LogP contribution in [0.4, 0.5) is 11.4 Å². The summed E-state index contributed by atoms with van der Waals surface area (Å²) in [5.41, 5.74) is 6.52. The van der Waals surface area contributed by atoms with Crippen molar-refractivity contribution in [2.24, 2.45) is 0 Å². The van der Waals surface area contributed by atoms with E-state index in [1.165, 1.54) is 23.4 Å². The molecular weight excluding hydrogens is 494 g/mol. The average molecular weight is 528 g/mol. The highest BCUT2D eigenvalue weighted by Crippen LogP contribution is 2.21. The molecule has 2 N–H and O–H groups in total. The lowest BCUT2D eigenvalue weighted by Crippen LogP contribution is -2.30. The monoisotopic (exact) mass is 527 g/mol. The van der Waals surface area contributed by atoms with Crippen LogP contribution in [0.25, 0.3) is 11.1 Å². The molecule has 4 aromatic carbocycles. The van der Waals surface area contributed by atoms with E-state index < -0.39 is 15.9 Å². The number of benzene rings is 4. The number of aryl methyl sites for hydroxylation is 1. The van der Waals surface area contributed by atoms with Gasteiger partial charge in [0, 0.05) is 36.6 Å². The van der Waals surface area contributed by atoms with Crippen LogP contribution in [-0.2, 0) is 16.6 Å². The van der Waals surface area contributed by atoms with Gasteiger partial charge >= 0.3 is 0 Å². The van der Waals surface area contributed by atoms with Crippen molar-refractivity contribution in [3.05, 3.63) is 114 Å². The number of nitrogens with one attached hydrogen (secondary N) is 2. The largest absolute Gasteiger partial charge is 0.381 e. The fraction of sp³-hybridized carbons (Fsp3) is 0.194. The van der Waals surface area contributed by atoms with Crippen LogP contribution in [-0.4, -0.2) is 27.4 Å². The normalized spacial score (nSPS) is 11.1. The molecule has 0 atom stereocenters. The molecule has 4 rings (SSSR count). The molecule has 0 saturated heterocycles. The van der Waals surface area contributed by atoms with Crippen molar-refractivity contribution in [1.82, 2.24) is 4.72 Å². The van der Waals surface area contributed by atoms with E-state index in [-0.39, 0.29) is 10.5 Å². The van der Waals surface area contributed by atoms with Gasteiger partial charge in [-0.15, -0.1) is 0 Å². The van der Waals surface area contributed by atoms with E-state index in [1.807, 2.05) is 43.3 Å². The number of anilines is 2. The Hall–Kier alpha value is -4.10. The van der Waals surface area contributed by atoms with Crippen molar-refractivity contribution in [2.45, 2.75) is 32.2 Å². The highest BCUT2D eigenvalue weighted by atomic mass is 32.2. The minimum atomic E-state index is -4.01. The Morgan fingerprint density at radius 2 is 1.29 bits per heavy atom. The molecule has 0 radical (unpaired) electrons. The average Bonchev–Trinajstić information content (AvgIpc) is 2.94. The number of carbonyl (C=O) groups is 1. The maximum atomic E-state index is 12.8. The van der Waals surface area contributed by atoms with Gasteiger partial charge in [0.2, 0.25) is 0 Å². The summed E-state index contributed by atoms with van der Waals surface area (Å²) in [4.78, 5) is 15.0. The molecule has 0 aliphatic carbocycles. The van der Waals surface area contributed by atoms with Gasteiger partial charge in [0.1, 0.15) is 0 Å². The second-order valence-corrected chi connectivity index (χ2v) is 10.8. The van der Waals surface area contributed by atoms with E-state index >= 15 is 0 Å². The number of carbonyl (C=O) groups excluding carboxylic acids is 1. The van der Waals surface area contributed by atoms with Crippen LogP contribution in [0.1, 0.15) is 35.3 Å². The highest BCUT2D eigenvalue weighted by molar-refractivity contribution is 7.90. The molecule has 38 heavy (non-hydrogen) atoms. The summed E-state index contributed by atoms with van der Waals surface area (Å²) in [5.74, 6) is -0.671. The van der Waals surface area contributed by atoms with Gasteiger partial charge in [-0.05, 0) is 86.0 Å². The number of rotatable bonds is 10. The maximum absolute atomic E-state index is 12.8. The molecule has 1 amide bonds. The van der Waals surface area contributed by atoms with Crippen molar-refractivity contribution in [1.29, 1.82) is 0 Å². The molecule has 7 heteroatoms. The van der Waals surface area contributed by atoms with Crippen LogP contribution in [0.5, 0.6) is 0 Å². The molecule has 6 nitrogen and oxygen atoms in total. The zero-order valence-electron chi connectivity index (χ0n) is 21.9. The summed E-state index contributed by atoms with van der Waals surface area (Å²) in [6.45, 7) is 8.83.